The molecule has 1 heterocycles. The Morgan fingerprint density at radius 2 is 1.84 bits per heavy atom. The lowest BCUT2D eigenvalue weighted by Gasteiger charge is -2.22. The maximum absolute atomic E-state index is 13.7. The summed E-state index contributed by atoms with van der Waals surface area (Å²) in [5.41, 5.74) is 0.512. The maximum Gasteiger partial charge on any atom is 0.276 e. The Labute approximate surface area is 201 Å². The summed E-state index contributed by atoms with van der Waals surface area (Å²) in [5, 5.41) is 11.6. The van der Waals surface area contributed by atoms with Crippen molar-refractivity contribution in [1.82, 2.24) is 0 Å². The number of nitro benzene ring substituents is 1. The van der Waals surface area contributed by atoms with Crippen molar-refractivity contribution in [3.8, 4) is 23.0 Å². The van der Waals surface area contributed by atoms with Crippen LogP contribution in [0.5, 0.6) is 23.0 Å². The third-order valence-corrected chi connectivity index (χ3v) is 6.06. The minimum Gasteiger partial charge on any atom is -0.455 e. The first-order chi connectivity index (χ1) is 15.4. The summed E-state index contributed by atoms with van der Waals surface area (Å²) in [6.45, 7) is 2.52. The topological polar surface area (TPSA) is 81.9 Å². The number of rotatable bonds is 6. The summed E-state index contributed by atoms with van der Waals surface area (Å²) in [4.78, 5) is 26.4. The quantitative estimate of drug-likeness (QED) is 0.230. The van der Waals surface area contributed by atoms with Gasteiger partial charge in [-0.3, -0.25) is 14.9 Å². The van der Waals surface area contributed by atoms with Crippen LogP contribution in [0.25, 0.3) is 0 Å². The lowest BCUT2D eigenvalue weighted by Crippen LogP contribution is -2.31. The van der Waals surface area contributed by atoms with Gasteiger partial charge in [-0.25, -0.2) is 0 Å². The van der Waals surface area contributed by atoms with E-state index in [1.165, 1.54) is 12.1 Å². The highest BCUT2D eigenvalue weighted by atomic mass is 79.9. The van der Waals surface area contributed by atoms with E-state index >= 15 is 0 Å². The average molecular weight is 562 g/mol. The van der Waals surface area contributed by atoms with Gasteiger partial charge in [-0.2, -0.15) is 0 Å². The molecule has 0 saturated carbocycles. The molecule has 4 rings (SSSR count). The molecule has 0 aliphatic carbocycles. The first-order valence-electron chi connectivity index (χ1n) is 9.93. The number of non-ortho nitro benzene ring substituents is 1. The Morgan fingerprint density at radius 3 is 2.56 bits per heavy atom. The molecule has 0 spiro atoms. The lowest BCUT2D eigenvalue weighted by molar-refractivity contribution is -0.385. The second kappa shape index (κ2) is 9.30. The number of ether oxygens (including phenoxy) is 2. The molecule has 9 heteroatoms. The molecule has 0 saturated heterocycles. The van der Waals surface area contributed by atoms with Crippen molar-refractivity contribution in [2.24, 2.45) is 0 Å². The molecular formula is C23H18Br2N2O5. The average Bonchev–Trinajstić information content (AvgIpc) is 2.88. The number of para-hydroxylation sites is 2. The third kappa shape index (κ3) is 4.35. The first kappa shape index (κ1) is 22.3. The van der Waals surface area contributed by atoms with Crippen molar-refractivity contribution in [3.63, 3.8) is 0 Å². The van der Waals surface area contributed by atoms with Gasteiger partial charge in [0, 0.05) is 11.0 Å². The summed E-state index contributed by atoms with van der Waals surface area (Å²) in [6, 6.07) is 14.9. The smallest absolute Gasteiger partial charge is 0.276 e. The summed E-state index contributed by atoms with van der Waals surface area (Å²) in [7, 11) is 0. The number of fused-ring (bicyclic) bond motifs is 2. The number of anilines is 1. The maximum atomic E-state index is 13.7. The normalized spacial score (nSPS) is 12.5. The van der Waals surface area contributed by atoms with Crippen LogP contribution in [0.15, 0.2) is 63.5 Å². The van der Waals surface area contributed by atoms with Crippen molar-refractivity contribution in [1.29, 1.82) is 0 Å². The van der Waals surface area contributed by atoms with Gasteiger partial charge in [0.2, 0.25) is 0 Å². The third-order valence-electron chi connectivity index (χ3n) is 4.95. The molecule has 7 nitrogen and oxygen atoms in total. The predicted octanol–water partition coefficient (Wildman–Crippen LogP) is 7.46. The number of amides is 1. The fourth-order valence-corrected chi connectivity index (χ4v) is 4.53. The van der Waals surface area contributed by atoms with Gasteiger partial charge in [0.1, 0.15) is 11.3 Å². The van der Waals surface area contributed by atoms with Crippen LogP contribution >= 0.6 is 31.9 Å². The van der Waals surface area contributed by atoms with Gasteiger partial charge in [0.05, 0.1) is 27.2 Å². The molecule has 164 valence electrons. The molecule has 1 amide bonds. The second-order valence-corrected chi connectivity index (χ2v) is 8.90. The van der Waals surface area contributed by atoms with Gasteiger partial charge in [-0.05, 0) is 52.7 Å². The first-order valence-corrected chi connectivity index (χ1v) is 11.5. The van der Waals surface area contributed by atoms with Crippen molar-refractivity contribution in [2.75, 3.05) is 11.4 Å². The molecule has 3 aromatic carbocycles. The van der Waals surface area contributed by atoms with Crippen molar-refractivity contribution in [3.05, 3.63) is 79.2 Å². The van der Waals surface area contributed by atoms with Crippen LogP contribution < -0.4 is 14.4 Å². The SMILES string of the molecule is CCCCN1C(=O)c2c(Oc3ccc(Br)cc3Br)cc([N+](=O)[O-])cc2Oc2ccccc21. The van der Waals surface area contributed by atoms with E-state index in [1.807, 2.05) is 13.0 Å². The fourth-order valence-electron chi connectivity index (χ4n) is 3.40. The number of nitro groups is 1. The Bertz CT molecular complexity index is 1210. The van der Waals surface area contributed by atoms with E-state index < -0.39 is 4.92 Å². The molecular weight excluding hydrogens is 544 g/mol. The van der Waals surface area contributed by atoms with Gasteiger partial charge in [-0.15, -0.1) is 0 Å². The summed E-state index contributed by atoms with van der Waals surface area (Å²) < 4.78 is 13.5. The van der Waals surface area contributed by atoms with Gasteiger partial charge in [0.15, 0.2) is 17.2 Å². The highest BCUT2D eigenvalue weighted by molar-refractivity contribution is 9.11. The Morgan fingerprint density at radius 1 is 1.06 bits per heavy atom. The van der Waals surface area contributed by atoms with Crippen LogP contribution in [0.4, 0.5) is 11.4 Å². The minimum atomic E-state index is -0.538. The second-order valence-electron chi connectivity index (χ2n) is 7.13. The molecule has 1 aliphatic rings. The van der Waals surface area contributed by atoms with Crippen LogP contribution in [-0.4, -0.2) is 17.4 Å². The Kier molecular flexibility index (Phi) is 6.48. The van der Waals surface area contributed by atoms with Gasteiger partial charge >= 0.3 is 0 Å². The minimum absolute atomic E-state index is 0.0523. The van der Waals surface area contributed by atoms with Crippen LogP contribution in [-0.2, 0) is 0 Å². The number of unbranched alkanes of at least 4 members (excludes halogenated alkanes) is 1. The van der Waals surface area contributed by atoms with E-state index in [0.29, 0.717) is 28.2 Å². The van der Waals surface area contributed by atoms with E-state index in [0.717, 1.165) is 17.3 Å². The zero-order chi connectivity index (χ0) is 22.8. The lowest BCUT2D eigenvalue weighted by atomic mass is 10.1. The number of halogens is 2. The molecule has 3 aromatic rings. The number of carbonyl (C=O) groups excluding carboxylic acids is 1. The summed E-state index contributed by atoms with van der Waals surface area (Å²) >= 11 is 6.82. The number of benzene rings is 3. The van der Waals surface area contributed by atoms with E-state index in [4.69, 9.17) is 9.47 Å². The van der Waals surface area contributed by atoms with Crippen molar-refractivity contribution < 1.29 is 19.2 Å². The number of hydrogen-bond donors (Lipinski definition) is 0. The number of nitrogens with zero attached hydrogens (tertiary/aromatic N) is 2. The molecule has 0 atom stereocenters. The van der Waals surface area contributed by atoms with Crippen LogP contribution in [0.3, 0.4) is 0 Å². The van der Waals surface area contributed by atoms with Crippen LogP contribution in [0.2, 0.25) is 0 Å². The zero-order valence-electron chi connectivity index (χ0n) is 17.0. The molecule has 0 aromatic heterocycles. The molecule has 0 bridgehead atoms. The molecule has 0 unspecified atom stereocenters. The fraction of sp³-hybridized carbons (Fsp3) is 0.174. The Hall–Kier alpha value is -2.91. The largest absolute Gasteiger partial charge is 0.455 e. The summed E-state index contributed by atoms with van der Waals surface area (Å²) in [5.74, 6) is 0.657. The van der Waals surface area contributed by atoms with Crippen molar-refractivity contribution in [2.45, 2.75) is 19.8 Å². The molecule has 0 fully saturated rings. The highest BCUT2D eigenvalue weighted by Crippen LogP contribution is 2.45. The molecule has 32 heavy (non-hydrogen) atoms. The van der Waals surface area contributed by atoms with Gasteiger partial charge in [-0.1, -0.05) is 41.4 Å². The highest BCUT2D eigenvalue weighted by Gasteiger charge is 2.33. The van der Waals surface area contributed by atoms with Crippen LogP contribution in [0.1, 0.15) is 30.1 Å². The molecule has 0 radical (unpaired) electrons. The van der Waals surface area contributed by atoms with E-state index in [2.05, 4.69) is 31.9 Å². The van der Waals surface area contributed by atoms with Gasteiger partial charge < -0.3 is 14.4 Å². The van der Waals surface area contributed by atoms with E-state index in [9.17, 15) is 14.9 Å². The van der Waals surface area contributed by atoms with Gasteiger partial charge in [0.25, 0.3) is 11.6 Å². The number of hydrogen-bond acceptors (Lipinski definition) is 5. The predicted molar refractivity (Wildman–Crippen MR) is 128 cm³/mol. The monoisotopic (exact) mass is 560 g/mol. The molecule has 0 N–H and O–H groups in total. The zero-order valence-corrected chi connectivity index (χ0v) is 20.2. The number of carbonyl (C=O) groups is 1. The van der Waals surface area contributed by atoms with Crippen molar-refractivity contribution >= 4 is 49.1 Å². The van der Waals surface area contributed by atoms with E-state index in [1.54, 1.807) is 41.3 Å². The van der Waals surface area contributed by atoms with E-state index in [-0.39, 0.29) is 28.7 Å². The standard InChI is InChI=1S/C23H18Br2N2O5/c1-2-3-10-26-17-6-4-5-7-19(17)32-21-13-15(27(29)30)12-20(22(21)23(26)28)31-18-9-8-14(24)11-16(18)25/h4-9,11-13H,2-3,10H2,1H3. The summed E-state index contributed by atoms with van der Waals surface area (Å²) in [6.07, 6.45) is 1.69. The Balaban J connectivity index is 1.90. The molecule has 1 aliphatic heterocycles. The van der Waals surface area contributed by atoms with Crippen LogP contribution in [0, 0.1) is 10.1 Å².